The molecule has 8 nitrogen and oxygen atoms in total. The van der Waals surface area contributed by atoms with Crippen molar-refractivity contribution >= 4 is 32.8 Å². The summed E-state index contributed by atoms with van der Waals surface area (Å²) in [5.41, 5.74) is 1.76. The van der Waals surface area contributed by atoms with Gasteiger partial charge in [-0.1, -0.05) is 12.1 Å². The molecule has 2 aliphatic heterocycles. The number of thiophene rings is 1. The average Bonchev–Trinajstić information content (AvgIpc) is 3.52. The van der Waals surface area contributed by atoms with Gasteiger partial charge in [0.2, 0.25) is 0 Å². The Morgan fingerprint density at radius 2 is 2.03 bits per heavy atom. The van der Waals surface area contributed by atoms with Gasteiger partial charge in [-0.05, 0) is 42.6 Å². The molecule has 2 aliphatic rings. The molecule has 0 aliphatic carbocycles. The lowest BCUT2D eigenvalue weighted by Crippen LogP contribution is -2.41. The van der Waals surface area contributed by atoms with E-state index >= 15 is 0 Å². The summed E-state index contributed by atoms with van der Waals surface area (Å²) in [7, 11) is 1.94. The molecule has 10 heteroatoms. The Morgan fingerprint density at radius 3 is 2.66 bits per heavy atom. The van der Waals surface area contributed by atoms with Crippen LogP contribution in [-0.2, 0) is 14.6 Å². The van der Waals surface area contributed by atoms with E-state index in [1.807, 2.05) is 40.6 Å². The van der Waals surface area contributed by atoms with Gasteiger partial charge in [0.25, 0.3) is 5.91 Å². The van der Waals surface area contributed by atoms with Crippen molar-refractivity contribution in [1.82, 2.24) is 9.91 Å². The van der Waals surface area contributed by atoms with Crippen LogP contribution in [0.3, 0.4) is 0 Å². The van der Waals surface area contributed by atoms with Gasteiger partial charge in [-0.2, -0.15) is 5.10 Å². The van der Waals surface area contributed by atoms with Crippen molar-refractivity contribution in [3.63, 3.8) is 0 Å². The number of sulfone groups is 1. The number of rotatable bonds is 7. The first-order valence-corrected chi connectivity index (χ1v) is 13.1. The van der Waals surface area contributed by atoms with E-state index in [4.69, 9.17) is 9.47 Å². The lowest BCUT2D eigenvalue weighted by atomic mass is 10.0. The summed E-state index contributed by atoms with van der Waals surface area (Å²) in [5, 5.41) is 8.21. The molecule has 0 bridgehead atoms. The lowest BCUT2D eigenvalue weighted by molar-refractivity contribution is -0.134. The zero-order valence-corrected chi connectivity index (χ0v) is 20.0. The van der Waals surface area contributed by atoms with E-state index in [1.54, 1.807) is 32.6 Å². The minimum atomic E-state index is -3.02. The van der Waals surface area contributed by atoms with Gasteiger partial charge in [-0.15, -0.1) is 11.3 Å². The summed E-state index contributed by atoms with van der Waals surface area (Å²) in [6, 6.07) is 9.17. The van der Waals surface area contributed by atoms with E-state index in [1.165, 1.54) is 5.01 Å². The second-order valence-corrected chi connectivity index (χ2v) is 11.2. The first-order valence-electron chi connectivity index (χ1n) is 10.4. The van der Waals surface area contributed by atoms with Crippen LogP contribution in [0.4, 0.5) is 0 Å². The summed E-state index contributed by atoms with van der Waals surface area (Å²) in [6.07, 6.45) is 1.14. The topological polar surface area (TPSA) is 88.5 Å². The van der Waals surface area contributed by atoms with Crippen molar-refractivity contribution in [2.75, 3.05) is 39.3 Å². The molecule has 0 N–H and O–H groups in total. The normalized spacial score (nSPS) is 22.2. The van der Waals surface area contributed by atoms with Crippen molar-refractivity contribution in [3.05, 3.63) is 46.2 Å². The van der Waals surface area contributed by atoms with Crippen LogP contribution in [0.1, 0.15) is 29.3 Å². The van der Waals surface area contributed by atoms with Gasteiger partial charge in [-0.25, -0.2) is 13.4 Å². The number of carbonyl (C=O) groups excluding carboxylic acids is 1. The standard InChI is InChI=1S/C22H27N3O5S2/c1-24(16-8-10-32(27,28)14-16)13-22(26)25-18(12-17(23-25)21-5-4-9-31-21)15-6-7-19(29-2)20(11-15)30-3/h4-7,9,11,16,18H,8,10,12-14H2,1-3H3/t16-,18+/m0/s1. The third-order valence-electron chi connectivity index (χ3n) is 5.98. The largest absolute Gasteiger partial charge is 0.493 e. The number of carbonyl (C=O) groups is 1. The Kier molecular flexibility index (Phi) is 6.55. The van der Waals surface area contributed by atoms with E-state index in [9.17, 15) is 13.2 Å². The van der Waals surface area contributed by atoms with Crippen LogP contribution in [0.15, 0.2) is 40.8 Å². The predicted octanol–water partition coefficient (Wildman–Crippen LogP) is 2.56. The molecule has 1 aromatic carbocycles. The molecule has 0 spiro atoms. The number of benzene rings is 1. The summed E-state index contributed by atoms with van der Waals surface area (Å²) < 4.78 is 34.5. The van der Waals surface area contributed by atoms with E-state index in [2.05, 4.69) is 5.10 Å². The molecule has 1 amide bonds. The van der Waals surface area contributed by atoms with Gasteiger partial charge < -0.3 is 9.47 Å². The Labute approximate surface area is 192 Å². The molecule has 1 saturated heterocycles. The fourth-order valence-electron chi connectivity index (χ4n) is 4.19. The molecule has 0 unspecified atom stereocenters. The molecular weight excluding hydrogens is 450 g/mol. The Morgan fingerprint density at radius 1 is 1.25 bits per heavy atom. The molecule has 32 heavy (non-hydrogen) atoms. The summed E-state index contributed by atoms with van der Waals surface area (Å²) in [5.74, 6) is 1.32. The van der Waals surface area contributed by atoms with Gasteiger partial charge >= 0.3 is 0 Å². The first kappa shape index (κ1) is 22.8. The summed E-state index contributed by atoms with van der Waals surface area (Å²) in [4.78, 5) is 16.2. The third-order valence-corrected chi connectivity index (χ3v) is 8.65. The molecule has 2 aromatic rings. The number of ether oxygens (including phenoxy) is 2. The number of hydrazone groups is 1. The van der Waals surface area contributed by atoms with Crippen LogP contribution in [-0.4, -0.2) is 75.3 Å². The van der Waals surface area contributed by atoms with Crippen molar-refractivity contribution in [3.8, 4) is 11.5 Å². The highest BCUT2D eigenvalue weighted by atomic mass is 32.2. The number of hydrogen-bond donors (Lipinski definition) is 0. The zero-order chi connectivity index (χ0) is 22.9. The van der Waals surface area contributed by atoms with Crippen molar-refractivity contribution < 1.29 is 22.7 Å². The van der Waals surface area contributed by atoms with Gasteiger partial charge in [0.15, 0.2) is 21.3 Å². The zero-order valence-electron chi connectivity index (χ0n) is 18.4. The monoisotopic (exact) mass is 477 g/mol. The Bertz CT molecular complexity index is 1110. The van der Waals surface area contributed by atoms with Crippen LogP contribution in [0.25, 0.3) is 0 Å². The smallest absolute Gasteiger partial charge is 0.257 e. The number of likely N-dealkylation sites (N-methyl/N-ethyl adjacent to an activating group) is 1. The molecule has 2 atom stereocenters. The molecule has 1 aromatic heterocycles. The van der Waals surface area contributed by atoms with Crippen LogP contribution in [0.2, 0.25) is 0 Å². The molecule has 3 heterocycles. The summed E-state index contributed by atoms with van der Waals surface area (Å²) in [6.45, 7) is 0.102. The number of methoxy groups -OCH3 is 2. The fraction of sp³-hybridized carbons (Fsp3) is 0.455. The van der Waals surface area contributed by atoms with Crippen molar-refractivity contribution in [2.45, 2.75) is 24.9 Å². The highest BCUT2D eigenvalue weighted by molar-refractivity contribution is 7.91. The molecule has 0 saturated carbocycles. The number of hydrogen-bond acceptors (Lipinski definition) is 8. The predicted molar refractivity (Wildman–Crippen MR) is 124 cm³/mol. The van der Waals surface area contributed by atoms with Crippen LogP contribution >= 0.6 is 11.3 Å². The van der Waals surface area contributed by atoms with Crippen LogP contribution in [0, 0.1) is 0 Å². The Hall–Kier alpha value is -2.43. The second-order valence-electron chi connectivity index (χ2n) is 8.07. The van der Waals surface area contributed by atoms with Gasteiger partial charge in [0.1, 0.15) is 0 Å². The Balaban J connectivity index is 1.59. The van der Waals surface area contributed by atoms with Gasteiger partial charge in [0.05, 0.1) is 48.9 Å². The average molecular weight is 478 g/mol. The maximum atomic E-state index is 13.3. The second kappa shape index (κ2) is 9.21. The maximum Gasteiger partial charge on any atom is 0.257 e. The number of nitrogens with zero attached hydrogens (tertiary/aromatic N) is 3. The van der Waals surface area contributed by atoms with E-state index in [0.717, 1.165) is 16.2 Å². The van der Waals surface area contributed by atoms with E-state index in [0.29, 0.717) is 24.3 Å². The third kappa shape index (κ3) is 4.67. The summed E-state index contributed by atoms with van der Waals surface area (Å²) >= 11 is 1.59. The van der Waals surface area contributed by atoms with E-state index < -0.39 is 9.84 Å². The SMILES string of the molecule is COc1ccc([C@H]2CC(c3cccs3)=NN2C(=O)CN(C)[C@H]2CCS(=O)(=O)C2)cc1OC. The van der Waals surface area contributed by atoms with Crippen molar-refractivity contribution in [1.29, 1.82) is 0 Å². The molecule has 172 valence electrons. The fourth-order valence-corrected chi connectivity index (χ4v) is 6.72. The van der Waals surface area contributed by atoms with Crippen LogP contribution < -0.4 is 9.47 Å². The van der Waals surface area contributed by atoms with Gasteiger partial charge in [-0.3, -0.25) is 9.69 Å². The number of amides is 1. The van der Waals surface area contributed by atoms with Crippen molar-refractivity contribution in [2.24, 2.45) is 5.10 Å². The highest BCUT2D eigenvalue weighted by Crippen LogP contribution is 2.38. The minimum Gasteiger partial charge on any atom is -0.493 e. The van der Waals surface area contributed by atoms with E-state index in [-0.39, 0.29) is 36.0 Å². The molecule has 4 rings (SSSR count). The highest BCUT2D eigenvalue weighted by Gasteiger charge is 2.36. The lowest BCUT2D eigenvalue weighted by Gasteiger charge is -2.27. The minimum absolute atomic E-state index is 0.0968. The molecule has 1 fully saturated rings. The molecular formula is C22H27N3O5S2. The first-order chi connectivity index (χ1) is 15.3. The van der Waals surface area contributed by atoms with Gasteiger partial charge in [0, 0.05) is 12.5 Å². The molecule has 0 radical (unpaired) electrons. The van der Waals surface area contributed by atoms with Crippen LogP contribution in [0.5, 0.6) is 11.5 Å². The quantitative estimate of drug-likeness (QED) is 0.609. The maximum absolute atomic E-state index is 13.3.